The Hall–Kier alpha value is -3.01. The van der Waals surface area contributed by atoms with Gasteiger partial charge in [0, 0.05) is 20.2 Å². The Morgan fingerprint density at radius 1 is 1.04 bits per heavy atom. The molecule has 25 heavy (non-hydrogen) atoms. The molecule has 0 unspecified atom stereocenters. The molecular weight excluding hydrogens is 353 g/mol. The molecule has 0 fully saturated rings. The normalized spacial score (nSPS) is 11.8. The van der Waals surface area contributed by atoms with E-state index in [1.807, 2.05) is 0 Å². The first-order valence-electron chi connectivity index (χ1n) is 6.99. The second kappa shape index (κ2) is 5.52. The van der Waals surface area contributed by atoms with Crippen LogP contribution >= 0.6 is 0 Å². The third-order valence-electron chi connectivity index (χ3n) is 3.96. The van der Waals surface area contributed by atoms with Crippen LogP contribution in [0.25, 0.3) is 11.0 Å². The smallest absolute Gasteiger partial charge is 0.295 e. The summed E-state index contributed by atoms with van der Waals surface area (Å²) in [5.41, 5.74) is -0.630. The molecule has 1 heterocycles. The molecule has 1 aromatic heterocycles. The van der Waals surface area contributed by atoms with Gasteiger partial charge in [-0.3, -0.25) is 19.2 Å². The Kier molecular flexibility index (Phi) is 3.72. The largest absolute Gasteiger partial charge is 0.328 e. The number of nitro benzene ring substituents is 1. The standard InChI is InChI=1S/C15H12FN3O5S/c1-17-11-7-13(19(21)22)14(8-12(11)18(2)15(17)20)25(23,24)10-5-3-9(16)4-6-10/h3-8H,1-2H3. The van der Waals surface area contributed by atoms with Gasteiger partial charge in [-0.05, 0) is 30.3 Å². The summed E-state index contributed by atoms with van der Waals surface area (Å²) in [6, 6.07) is 6.11. The number of nitrogens with zero attached hydrogens (tertiary/aromatic N) is 3. The van der Waals surface area contributed by atoms with Crippen molar-refractivity contribution in [3.05, 3.63) is 62.8 Å². The summed E-state index contributed by atoms with van der Waals surface area (Å²) in [5, 5.41) is 11.4. The molecule has 0 aliphatic heterocycles. The minimum absolute atomic E-state index is 0.234. The molecule has 0 N–H and O–H groups in total. The molecule has 0 atom stereocenters. The van der Waals surface area contributed by atoms with Crippen LogP contribution < -0.4 is 5.69 Å². The van der Waals surface area contributed by atoms with Crippen molar-refractivity contribution in [1.29, 1.82) is 0 Å². The van der Waals surface area contributed by atoms with E-state index in [0.717, 1.165) is 36.4 Å². The Morgan fingerprint density at radius 3 is 2.08 bits per heavy atom. The van der Waals surface area contributed by atoms with Crippen LogP contribution in [0.15, 0.2) is 51.0 Å². The summed E-state index contributed by atoms with van der Waals surface area (Å²) >= 11 is 0. The molecule has 3 rings (SSSR count). The van der Waals surface area contributed by atoms with E-state index < -0.39 is 36.9 Å². The van der Waals surface area contributed by atoms with E-state index in [4.69, 9.17) is 0 Å². The van der Waals surface area contributed by atoms with E-state index in [0.29, 0.717) is 0 Å². The average molecular weight is 365 g/mol. The maximum absolute atomic E-state index is 13.0. The summed E-state index contributed by atoms with van der Waals surface area (Å²) in [6.45, 7) is 0. The van der Waals surface area contributed by atoms with Crippen LogP contribution in [0.1, 0.15) is 0 Å². The van der Waals surface area contributed by atoms with Gasteiger partial charge in [-0.25, -0.2) is 17.6 Å². The fraction of sp³-hybridized carbons (Fsp3) is 0.133. The monoisotopic (exact) mass is 365 g/mol. The lowest BCUT2D eigenvalue weighted by molar-refractivity contribution is -0.387. The minimum atomic E-state index is -4.28. The Labute approximate surface area is 140 Å². The molecule has 0 spiro atoms. The van der Waals surface area contributed by atoms with E-state index in [1.165, 1.54) is 23.2 Å². The predicted octanol–water partition coefficient (Wildman–Crippen LogP) is 1.76. The lowest BCUT2D eigenvalue weighted by Crippen LogP contribution is -2.19. The van der Waals surface area contributed by atoms with Crippen molar-refractivity contribution in [3.63, 3.8) is 0 Å². The first kappa shape index (κ1) is 16.8. The topological polar surface area (TPSA) is 104 Å². The maximum Gasteiger partial charge on any atom is 0.328 e. The molecule has 10 heteroatoms. The lowest BCUT2D eigenvalue weighted by Gasteiger charge is -2.07. The summed E-state index contributed by atoms with van der Waals surface area (Å²) in [6.07, 6.45) is 0. The fourth-order valence-electron chi connectivity index (χ4n) is 2.61. The predicted molar refractivity (Wildman–Crippen MR) is 86.7 cm³/mol. The van der Waals surface area contributed by atoms with Gasteiger partial charge in [-0.1, -0.05) is 0 Å². The van der Waals surface area contributed by atoms with E-state index in [9.17, 15) is 27.7 Å². The van der Waals surface area contributed by atoms with E-state index in [-0.39, 0.29) is 15.9 Å². The van der Waals surface area contributed by atoms with Crippen LogP contribution in [0.3, 0.4) is 0 Å². The first-order valence-corrected chi connectivity index (χ1v) is 8.47. The highest BCUT2D eigenvalue weighted by Gasteiger charge is 2.30. The highest BCUT2D eigenvalue weighted by Crippen LogP contribution is 2.32. The molecule has 8 nitrogen and oxygen atoms in total. The SMILES string of the molecule is Cn1c(=O)n(C)c2cc(S(=O)(=O)c3ccc(F)cc3)c([N+](=O)[O-])cc21. The van der Waals surface area contributed by atoms with Crippen LogP contribution in [-0.2, 0) is 23.9 Å². The van der Waals surface area contributed by atoms with E-state index in [2.05, 4.69) is 0 Å². The van der Waals surface area contributed by atoms with Gasteiger partial charge in [0.1, 0.15) is 5.82 Å². The van der Waals surface area contributed by atoms with Crippen LogP contribution in [-0.4, -0.2) is 22.5 Å². The second-order valence-electron chi connectivity index (χ2n) is 5.42. The number of hydrogen-bond acceptors (Lipinski definition) is 5. The number of imidazole rings is 1. The molecule has 0 saturated carbocycles. The zero-order chi connectivity index (χ0) is 18.5. The van der Waals surface area contributed by atoms with E-state index in [1.54, 1.807) is 0 Å². The van der Waals surface area contributed by atoms with Crippen LogP contribution in [0, 0.1) is 15.9 Å². The van der Waals surface area contributed by atoms with Crippen molar-refractivity contribution in [3.8, 4) is 0 Å². The summed E-state index contributed by atoms with van der Waals surface area (Å²) in [7, 11) is -1.41. The van der Waals surface area contributed by atoms with Crippen LogP contribution in [0.2, 0.25) is 0 Å². The Balaban J connectivity index is 2.40. The minimum Gasteiger partial charge on any atom is -0.295 e. The highest BCUT2D eigenvalue weighted by molar-refractivity contribution is 7.91. The van der Waals surface area contributed by atoms with Gasteiger partial charge in [0.2, 0.25) is 9.84 Å². The van der Waals surface area contributed by atoms with Gasteiger partial charge in [0.25, 0.3) is 5.69 Å². The first-order chi connectivity index (χ1) is 11.6. The Bertz CT molecular complexity index is 1180. The van der Waals surface area contributed by atoms with Crippen molar-refractivity contribution in [1.82, 2.24) is 9.13 Å². The zero-order valence-electron chi connectivity index (χ0n) is 13.1. The van der Waals surface area contributed by atoms with Crippen molar-refractivity contribution in [2.24, 2.45) is 14.1 Å². The van der Waals surface area contributed by atoms with Crippen molar-refractivity contribution < 1.29 is 17.7 Å². The van der Waals surface area contributed by atoms with Gasteiger partial charge < -0.3 is 0 Å². The third kappa shape index (κ3) is 2.50. The van der Waals surface area contributed by atoms with Gasteiger partial charge >= 0.3 is 5.69 Å². The quantitative estimate of drug-likeness (QED) is 0.400. The molecule has 0 amide bonds. The maximum atomic E-state index is 13.0. The van der Waals surface area contributed by atoms with Crippen molar-refractivity contribution >= 4 is 26.6 Å². The number of fused-ring (bicyclic) bond motifs is 1. The molecule has 2 aromatic carbocycles. The van der Waals surface area contributed by atoms with Gasteiger partial charge in [-0.2, -0.15) is 0 Å². The average Bonchev–Trinajstić information content (AvgIpc) is 2.78. The van der Waals surface area contributed by atoms with Crippen molar-refractivity contribution in [2.75, 3.05) is 0 Å². The molecular formula is C15H12FN3O5S. The van der Waals surface area contributed by atoms with Crippen LogP contribution in [0.5, 0.6) is 0 Å². The molecule has 3 aromatic rings. The van der Waals surface area contributed by atoms with Gasteiger partial charge in [0.05, 0.1) is 20.9 Å². The number of rotatable bonds is 3. The summed E-state index contributed by atoms with van der Waals surface area (Å²) in [5.74, 6) is -0.630. The van der Waals surface area contributed by atoms with Crippen molar-refractivity contribution in [2.45, 2.75) is 9.79 Å². The number of hydrogen-bond donors (Lipinski definition) is 0. The number of aromatic nitrogens is 2. The number of halogens is 1. The lowest BCUT2D eigenvalue weighted by atomic mass is 10.2. The summed E-state index contributed by atoms with van der Waals surface area (Å²) < 4.78 is 41.0. The fourth-order valence-corrected chi connectivity index (χ4v) is 4.04. The van der Waals surface area contributed by atoms with Gasteiger partial charge in [-0.15, -0.1) is 0 Å². The number of aryl methyl sites for hydroxylation is 2. The molecule has 0 aliphatic carbocycles. The summed E-state index contributed by atoms with van der Waals surface area (Å²) in [4.78, 5) is 21.7. The number of sulfone groups is 1. The molecule has 0 saturated heterocycles. The van der Waals surface area contributed by atoms with E-state index >= 15 is 0 Å². The number of nitro groups is 1. The third-order valence-corrected chi connectivity index (χ3v) is 5.76. The van der Waals surface area contributed by atoms with Gasteiger partial charge in [0.15, 0.2) is 4.90 Å². The van der Waals surface area contributed by atoms with Crippen LogP contribution in [0.4, 0.5) is 10.1 Å². The zero-order valence-corrected chi connectivity index (χ0v) is 13.9. The number of benzene rings is 2. The second-order valence-corrected chi connectivity index (χ2v) is 7.34. The molecule has 0 radical (unpaired) electrons. The molecule has 0 bridgehead atoms. The Morgan fingerprint density at radius 2 is 1.56 bits per heavy atom. The molecule has 0 aliphatic rings. The molecule has 130 valence electrons. The highest BCUT2D eigenvalue weighted by atomic mass is 32.2.